The third kappa shape index (κ3) is 2.32. The highest BCUT2D eigenvalue weighted by molar-refractivity contribution is 5.49. The number of hydrogen-bond donors (Lipinski definition) is 1. The summed E-state index contributed by atoms with van der Waals surface area (Å²) in [6.07, 6.45) is 3.74. The Morgan fingerprint density at radius 1 is 1.47 bits per heavy atom. The molecule has 1 aliphatic heterocycles. The van der Waals surface area contributed by atoms with Crippen LogP contribution in [-0.4, -0.2) is 24.5 Å². The van der Waals surface area contributed by atoms with Crippen molar-refractivity contribution in [1.82, 2.24) is 4.90 Å². The van der Waals surface area contributed by atoms with Crippen molar-refractivity contribution >= 4 is 5.69 Å². The minimum atomic E-state index is 0.690. The molecule has 1 unspecified atom stereocenters. The predicted molar refractivity (Wildman–Crippen MR) is 64.9 cm³/mol. The van der Waals surface area contributed by atoms with Crippen LogP contribution in [0, 0.1) is 6.92 Å². The molecule has 1 atom stereocenters. The lowest BCUT2D eigenvalue weighted by Crippen LogP contribution is -2.27. The highest BCUT2D eigenvalue weighted by Gasteiger charge is 2.21. The lowest BCUT2D eigenvalue weighted by Gasteiger charge is -2.20. The quantitative estimate of drug-likeness (QED) is 0.748. The first kappa shape index (κ1) is 10.5. The molecule has 1 aromatic rings. The Hall–Kier alpha value is -1.02. The summed E-state index contributed by atoms with van der Waals surface area (Å²) in [5.74, 6) is 0. The lowest BCUT2D eigenvalue weighted by molar-refractivity contribution is 0.309. The number of benzene rings is 1. The second kappa shape index (κ2) is 4.23. The third-order valence-corrected chi connectivity index (χ3v) is 3.43. The third-order valence-electron chi connectivity index (χ3n) is 3.43. The molecule has 82 valence electrons. The number of nitrogens with zero attached hydrogens (tertiary/aromatic N) is 1. The Bertz CT molecular complexity index is 346. The van der Waals surface area contributed by atoms with Gasteiger partial charge >= 0.3 is 0 Å². The predicted octanol–water partition coefficient (Wildman–Crippen LogP) is 2.21. The standard InChI is InChI=1S/C13H20N2/c1-10-5-6-11(13(14)8-10)9-12-4-3-7-15(12)2/h5-6,8,12H,3-4,7,9,14H2,1-2H3. The molecule has 2 nitrogen and oxygen atoms in total. The molecule has 2 heteroatoms. The van der Waals surface area contributed by atoms with Crippen molar-refractivity contribution in [3.8, 4) is 0 Å². The summed E-state index contributed by atoms with van der Waals surface area (Å²) in [4.78, 5) is 2.44. The van der Waals surface area contributed by atoms with Gasteiger partial charge in [-0.05, 0) is 57.0 Å². The Labute approximate surface area is 92.1 Å². The number of hydrogen-bond acceptors (Lipinski definition) is 2. The van der Waals surface area contributed by atoms with Gasteiger partial charge in [0.25, 0.3) is 0 Å². The fraction of sp³-hybridized carbons (Fsp3) is 0.538. The van der Waals surface area contributed by atoms with Crippen molar-refractivity contribution in [3.63, 3.8) is 0 Å². The van der Waals surface area contributed by atoms with E-state index in [0.29, 0.717) is 6.04 Å². The van der Waals surface area contributed by atoms with E-state index in [4.69, 9.17) is 5.73 Å². The Balaban J connectivity index is 2.10. The van der Waals surface area contributed by atoms with Gasteiger partial charge in [0, 0.05) is 11.7 Å². The van der Waals surface area contributed by atoms with Crippen LogP contribution in [0.4, 0.5) is 5.69 Å². The first-order valence-corrected chi connectivity index (χ1v) is 5.72. The topological polar surface area (TPSA) is 29.3 Å². The normalized spacial score (nSPS) is 22.1. The number of rotatable bonds is 2. The van der Waals surface area contributed by atoms with Crippen LogP contribution >= 0.6 is 0 Å². The van der Waals surface area contributed by atoms with Gasteiger partial charge in [-0.15, -0.1) is 0 Å². The molecule has 2 rings (SSSR count). The van der Waals surface area contributed by atoms with Gasteiger partial charge in [0.15, 0.2) is 0 Å². The fourth-order valence-electron chi connectivity index (χ4n) is 2.39. The SMILES string of the molecule is Cc1ccc(CC2CCCN2C)c(N)c1. The Kier molecular flexibility index (Phi) is 2.96. The summed E-state index contributed by atoms with van der Waals surface area (Å²) in [6.45, 7) is 3.32. The molecule has 1 saturated heterocycles. The fourth-order valence-corrected chi connectivity index (χ4v) is 2.39. The largest absolute Gasteiger partial charge is 0.398 e. The van der Waals surface area contributed by atoms with Crippen molar-refractivity contribution < 1.29 is 0 Å². The van der Waals surface area contributed by atoms with E-state index in [1.165, 1.54) is 30.5 Å². The monoisotopic (exact) mass is 204 g/mol. The number of likely N-dealkylation sites (tertiary alicyclic amines) is 1. The first-order valence-electron chi connectivity index (χ1n) is 5.72. The molecule has 1 aliphatic rings. The minimum Gasteiger partial charge on any atom is -0.398 e. The molecule has 0 aromatic heterocycles. The maximum atomic E-state index is 6.03. The van der Waals surface area contributed by atoms with Gasteiger partial charge in [0.2, 0.25) is 0 Å². The number of nitrogens with two attached hydrogens (primary N) is 1. The van der Waals surface area contributed by atoms with E-state index < -0.39 is 0 Å². The van der Waals surface area contributed by atoms with Crippen LogP contribution in [0.5, 0.6) is 0 Å². The highest BCUT2D eigenvalue weighted by atomic mass is 15.1. The highest BCUT2D eigenvalue weighted by Crippen LogP contribution is 2.22. The summed E-state index contributed by atoms with van der Waals surface area (Å²) < 4.78 is 0. The summed E-state index contributed by atoms with van der Waals surface area (Å²) >= 11 is 0. The molecule has 0 radical (unpaired) electrons. The van der Waals surface area contributed by atoms with Crippen LogP contribution in [0.1, 0.15) is 24.0 Å². The molecular weight excluding hydrogens is 184 g/mol. The molecule has 1 aromatic carbocycles. The van der Waals surface area contributed by atoms with Gasteiger partial charge in [-0.3, -0.25) is 0 Å². The maximum Gasteiger partial charge on any atom is 0.0349 e. The van der Waals surface area contributed by atoms with E-state index >= 15 is 0 Å². The maximum absolute atomic E-state index is 6.03. The molecule has 1 heterocycles. The van der Waals surface area contributed by atoms with Gasteiger partial charge in [0.1, 0.15) is 0 Å². The van der Waals surface area contributed by atoms with Gasteiger partial charge in [0.05, 0.1) is 0 Å². The van der Waals surface area contributed by atoms with Crippen molar-refractivity contribution in [3.05, 3.63) is 29.3 Å². The number of anilines is 1. The van der Waals surface area contributed by atoms with E-state index in [-0.39, 0.29) is 0 Å². The summed E-state index contributed by atoms with van der Waals surface area (Å²) in [7, 11) is 2.21. The van der Waals surface area contributed by atoms with E-state index in [0.717, 1.165) is 12.1 Å². The molecule has 0 aliphatic carbocycles. The average Bonchev–Trinajstić information content (AvgIpc) is 2.57. The van der Waals surface area contributed by atoms with E-state index in [2.05, 4.69) is 37.1 Å². The zero-order chi connectivity index (χ0) is 10.8. The summed E-state index contributed by atoms with van der Waals surface area (Å²) in [5, 5.41) is 0. The van der Waals surface area contributed by atoms with Crippen LogP contribution in [0.25, 0.3) is 0 Å². The Morgan fingerprint density at radius 2 is 2.27 bits per heavy atom. The van der Waals surface area contributed by atoms with E-state index in [1.54, 1.807) is 0 Å². The van der Waals surface area contributed by atoms with Gasteiger partial charge in [-0.1, -0.05) is 12.1 Å². The van der Waals surface area contributed by atoms with Crippen LogP contribution in [0.3, 0.4) is 0 Å². The molecule has 0 spiro atoms. The summed E-state index contributed by atoms with van der Waals surface area (Å²) in [6, 6.07) is 7.09. The number of likely N-dealkylation sites (N-methyl/N-ethyl adjacent to an activating group) is 1. The van der Waals surface area contributed by atoms with Crippen molar-refractivity contribution in [2.45, 2.75) is 32.2 Å². The zero-order valence-corrected chi connectivity index (χ0v) is 9.66. The molecule has 15 heavy (non-hydrogen) atoms. The molecule has 0 saturated carbocycles. The molecular formula is C13H20N2. The Morgan fingerprint density at radius 3 is 2.87 bits per heavy atom. The second-order valence-corrected chi connectivity index (χ2v) is 4.68. The van der Waals surface area contributed by atoms with Crippen LogP contribution in [0.15, 0.2) is 18.2 Å². The minimum absolute atomic E-state index is 0.690. The van der Waals surface area contributed by atoms with Crippen molar-refractivity contribution in [1.29, 1.82) is 0 Å². The molecule has 0 amide bonds. The van der Waals surface area contributed by atoms with Gasteiger partial charge in [-0.2, -0.15) is 0 Å². The molecule has 1 fully saturated rings. The van der Waals surface area contributed by atoms with Gasteiger partial charge < -0.3 is 10.6 Å². The van der Waals surface area contributed by atoms with Crippen LogP contribution in [-0.2, 0) is 6.42 Å². The molecule has 2 N–H and O–H groups in total. The summed E-state index contributed by atoms with van der Waals surface area (Å²) in [5.41, 5.74) is 9.53. The van der Waals surface area contributed by atoms with Gasteiger partial charge in [-0.25, -0.2) is 0 Å². The number of nitrogen functional groups attached to an aromatic ring is 1. The lowest BCUT2D eigenvalue weighted by atomic mass is 10.0. The smallest absolute Gasteiger partial charge is 0.0349 e. The zero-order valence-electron chi connectivity index (χ0n) is 9.66. The van der Waals surface area contributed by atoms with Crippen LogP contribution < -0.4 is 5.73 Å². The molecule has 0 bridgehead atoms. The van der Waals surface area contributed by atoms with Crippen molar-refractivity contribution in [2.75, 3.05) is 19.3 Å². The van der Waals surface area contributed by atoms with E-state index in [1.807, 2.05) is 0 Å². The van der Waals surface area contributed by atoms with E-state index in [9.17, 15) is 0 Å². The average molecular weight is 204 g/mol. The number of aryl methyl sites for hydroxylation is 1. The first-order chi connectivity index (χ1) is 7.16. The second-order valence-electron chi connectivity index (χ2n) is 4.68. The van der Waals surface area contributed by atoms with Crippen molar-refractivity contribution in [2.24, 2.45) is 0 Å². The van der Waals surface area contributed by atoms with Crippen LogP contribution in [0.2, 0.25) is 0 Å².